The lowest BCUT2D eigenvalue weighted by Crippen LogP contribution is -1.93. The maximum absolute atomic E-state index is 2.42. The highest BCUT2D eigenvalue weighted by atomic mass is 33.1. The second-order valence-electron chi connectivity index (χ2n) is 15.2. The number of hydrogen-bond donors (Lipinski definition) is 0. The number of fused-ring (bicyclic) bond motifs is 6. The summed E-state index contributed by atoms with van der Waals surface area (Å²) in [6.45, 7) is 1.81. The summed E-state index contributed by atoms with van der Waals surface area (Å²) in [5.74, 6) is 2.65. The van der Waals surface area contributed by atoms with Gasteiger partial charge in [0.1, 0.15) is 0 Å². The summed E-state index contributed by atoms with van der Waals surface area (Å²) in [7, 11) is 4.22. The number of hydrogen-bond acceptors (Lipinski definition) is 2. The van der Waals surface area contributed by atoms with Crippen molar-refractivity contribution in [1.82, 2.24) is 9.13 Å². The molecule has 0 atom stereocenters. The van der Waals surface area contributed by atoms with Crippen molar-refractivity contribution in [3.63, 3.8) is 0 Å². The zero-order chi connectivity index (χ0) is 38.3. The Morgan fingerprint density at radius 2 is 0.607 bits per heavy atom. The van der Waals surface area contributed by atoms with E-state index in [9.17, 15) is 0 Å². The minimum atomic E-state index is 0.905. The highest BCUT2D eigenvalue weighted by Crippen LogP contribution is 2.30. The van der Waals surface area contributed by atoms with Crippen LogP contribution >= 0.6 is 21.6 Å². The fourth-order valence-electron chi connectivity index (χ4n) is 7.97. The van der Waals surface area contributed by atoms with Gasteiger partial charge < -0.3 is 9.13 Å². The van der Waals surface area contributed by atoms with E-state index in [-0.39, 0.29) is 0 Å². The number of benzene rings is 4. The molecule has 0 radical (unpaired) electrons. The molecule has 0 amide bonds. The Morgan fingerprint density at radius 3 is 0.964 bits per heavy atom. The largest absolute Gasteiger partial charge is 0.337 e. The summed E-state index contributed by atoms with van der Waals surface area (Å²) in [6.07, 6.45) is 39.9. The Hall–Kier alpha value is -3.86. The summed E-state index contributed by atoms with van der Waals surface area (Å²) in [5, 5.41) is 5.37. The third-order valence-electron chi connectivity index (χ3n) is 11.0. The monoisotopic (exact) mass is 780 g/mol. The molecule has 0 N–H and O–H groups in total. The van der Waals surface area contributed by atoms with Crippen LogP contribution in [0.15, 0.2) is 146 Å². The van der Waals surface area contributed by atoms with Gasteiger partial charge in [0.2, 0.25) is 0 Å². The van der Waals surface area contributed by atoms with Gasteiger partial charge in [-0.1, -0.05) is 207 Å². The van der Waals surface area contributed by atoms with E-state index in [1.807, 2.05) is 0 Å². The topological polar surface area (TPSA) is 9.86 Å². The molecule has 0 saturated carbocycles. The summed E-state index contributed by atoms with van der Waals surface area (Å²) in [5.41, 5.74) is 5.26. The summed E-state index contributed by atoms with van der Waals surface area (Å²) in [6, 6.07) is 35.0. The predicted molar refractivity (Wildman–Crippen MR) is 254 cm³/mol. The first-order valence-electron chi connectivity index (χ1n) is 21.7. The van der Waals surface area contributed by atoms with Gasteiger partial charge in [0, 0.05) is 68.2 Å². The average Bonchev–Trinajstić information content (AvgIpc) is 3.73. The Morgan fingerprint density at radius 1 is 0.321 bits per heavy atom. The lowest BCUT2D eigenvalue weighted by atomic mass is 10.1. The van der Waals surface area contributed by atoms with E-state index in [1.54, 1.807) is 0 Å². The van der Waals surface area contributed by atoms with E-state index >= 15 is 0 Å². The van der Waals surface area contributed by atoms with E-state index in [0.29, 0.717) is 0 Å². The van der Waals surface area contributed by atoms with Crippen LogP contribution in [0.1, 0.15) is 103 Å². The minimum Gasteiger partial charge on any atom is -0.337 e. The normalized spacial score (nSPS) is 12.5. The number of para-hydroxylation sites is 4. The van der Waals surface area contributed by atoms with E-state index in [1.165, 1.54) is 158 Å². The van der Waals surface area contributed by atoms with Crippen LogP contribution in [-0.4, -0.2) is 20.6 Å². The molecule has 0 aliphatic carbocycles. The number of rotatable bonds is 27. The van der Waals surface area contributed by atoms with Crippen LogP contribution in [0.5, 0.6) is 0 Å². The Bertz CT molecular complexity index is 1880. The van der Waals surface area contributed by atoms with E-state index in [4.69, 9.17) is 0 Å². The maximum Gasteiger partial charge on any atom is 0.0494 e. The van der Waals surface area contributed by atoms with E-state index < -0.39 is 0 Å². The van der Waals surface area contributed by atoms with Gasteiger partial charge in [-0.15, -0.1) is 0 Å². The molecule has 0 unspecified atom stereocenters. The third-order valence-corrected chi connectivity index (χ3v) is 13.6. The van der Waals surface area contributed by atoms with Crippen LogP contribution in [0.25, 0.3) is 43.6 Å². The van der Waals surface area contributed by atoms with E-state index in [0.717, 1.165) is 13.1 Å². The second kappa shape index (κ2) is 24.7. The van der Waals surface area contributed by atoms with Gasteiger partial charge in [0.15, 0.2) is 0 Å². The molecular formula is C52H64N2S2. The molecule has 2 heterocycles. The zero-order valence-electron chi connectivity index (χ0n) is 33.7. The van der Waals surface area contributed by atoms with Gasteiger partial charge >= 0.3 is 0 Å². The highest BCUT2D eigenvalue weighted by Gasteiger charge is 2.09. The molecular weight excluding hydrogens is 717 g/mol. The van der Waals surface area contributed by atoms with Gasteiger partial charge in [0.05, 0.1) is 0 Å². The lowest BCUT2D eigenvalue weighted by molar-refractivity contribution is 0.593. The fourth-order valence-corrected chi connectivity index (χ4v) is 10.3. The third kappa shape index (κ3) is 12.8. The van der Waals surface area contributed by atoms with Crippen LogP contribution in [0, 0.1) is 0 Å². The molecule has 56 heavy (non-hydrogen) atoms. The summed E-state index contributed by atoms with van der Waals surface area (Å²) in [4.78, 5) is 0. The Balaban J connectivity index is 0.669. The van der Waals surface area contributed by atoms with Crippen molar-refractivity contribution in [2.75, 3.05) is 11.5 Å². The molecule has 4 aromatic carbocycles. The molecule has 0 saturated heterocycles. The van der Waals surface area contributed by atoms with Gasteiger partial charge in [0.25, 0.3) is 0 Å². The highest BCUT2D eigenvalue weighted by molar-refractivity contribution is 8.76. The molecule has 0 aliphatic heterocycles. The van der Waals surface area contributed by atoms with Crippen LogP contribution in [0.3, 0.4) is 0 Å². The zero-order valence-corrected chi connectivity index (χ0v) is 35.3. The lowest BCUT2D eigenvalue weighted by Gasteiger charge is -2.03. The summed E-state index contributed by atoms with van der Waals surface area (Å²) >= 11 is 0. The minimum absolute atomic E-state index is 0.905. The SMILES string of the molecule is C(/C=C/Cn1c2ccccc2c2ccccc21)=C\CCCCCCCCCSSCCCCCCCCC/C=C/C=C/Cn1c2ccccc2c2ccccc21. The first-order valence-corrected chi connectivity index (χ1v) is 24.2. The van der Waals surface area contributed by atoms with Crippen molar-refractivity contribution in [2.24, 2.45) is 0 Å². The van der Waals surface area contributed by atoms with Crippen molar-refractivity contribution in [3.05, 3.63) is 146 Å². The molecule has 0 aliphatic rings. The molecule has 6 rings (SSSR count). The number of aromatic nitrogens is 2. The number of allylic oxidation sites excluding steroid dienone is 8. The standard InChI is InChI=1S/C52H64N2S2/c1(5-9-13-17-29-41-53-49-37-25-21-33-45(49)46-34-22-26-38-50(46)53)3-7-11-15-19-31-43-55-56-44-32-20-16-12-8-4-2-6-10-14-18-30-42-54-51-39-27-23-35-47(51)48-36-24-28-40-52(48)54/h9-10,13-14,17-18,21-30,33-40H,1-8,11-12,15-16,19-20,31-32,41-44H2/b13-9+,14-10+,29-17+,30-18+. The quantitative estimate of drug-likeness (QED) is 0.0293. The Labute approximate surface area is 345 Å². The molecule has 2 nitrogen and oxygen atoms in total. The molecule has 0 bridgehead atoms. The molecule has 6 aromatic rings. The van der Waals surface area contributed by atoms with Crippen LogP contribution < -0.4 is 0 Å². The van der Waals surface area contributed by atoms with Crippen molar-refractivity contribution in [3.8, 4) is 0 Å². The van der Waals surface area contributed by atoms with Crippen molar-refractivity contribution in [1.29, 1.82) is 0 Å². The molecule has 4 heteroatoms. The number of unbranched alkanes of at least 4 members (excludes halogenated alkanes) is 14. The van der Waals surface area contributed by atoms with Gasteiger partial charge in [-0.05, 0) is 62.8 Å². The van der Waals surface area contributed by atoms with Crippen molar-refractivity contribution in [2.45, 2.75) is 116 Å². The van der Waals surface area contributed by atoms with Crippen LogP contribution in [-0.2, 0) is 13.1 Å². The van der Waals surface area contributed by atoms with Crippen LogP contribution in [0.4, 0.5) is 0 Å². The van der Waals surface area contributed by atoms with E-state index in [2.05, 4.69) is 176 Å². The molecule has 0 fully saturated rings. The molecule has 0 spiro atoms. The Kier molecular flexibility index (Phi) is 18.4. The molecule has 294 valence electrons. The number of nitrogens with zero attached hydrogens (tertiary/aromatic N) is 2. The van der Waals surface area contributed by atoms with Gasteiger partial charge in [-0.2, -0.15) is 0 Å². The average molecular weight is 781 g/mol. The van der Waals surface area contributed by atoms with Gasteiger partial charge in [-0.3, -0.25) is 0 Å². The van der Waals surface area contributed by atoms with Crippen molar-refractivity contribution < 1.29 is 0 Å². The van der Waals surface area contributed by atoms with Crippen LogP contribution in [0.2, 0.25) is 0 Å². The molecule has 2 aromatic heterocycles. The fraction of sp³-hybridized carbons (Fsp3) is 0.385. The van der Waals surface area contributed by atoms with Gasteiger partial charge in [-0.25, -0.2) is 0 Å². The smallest absolute Gasteiger partial charge is 0.0494 e. The maximum atomic E-state index is 2.42. The van der Waals surface area contributed by atoms with Crippen molar-refractivity contribution >= 4 is 65.2 Å². The first kappa shape index (κ1) is 41.8. The second-order valence-corrected chi connectivity index (χ2v) is 17.9. The predicted octanol–water partition coefficient (Wildman–Crippen LogP) is 16.5. The first-order chi connectivity index (χ1) is 27.9. The summed E-state index contributed by atoms with van der Waals surface area (Å²) < 4.78 is 4.85.